The average molecular weight is 1010 g/mol. The molecule has 4 aliphatic rings. The number of pyridine rings is 2. The molecular weight excluding hydrogens is 954 g/mol. The highest BCUT2D eigenvalue weighted by Gasteiger charge is 2.30. The third-order valence-corrected chi connectivity index (χ3v) is 13.0. The number of halogens is 2. The number of alkyl carbamates (subject to hydrolysis) is 1. The first-order chi connectivity index (χ1) is 34.1. The lowest BCUT2D eigenvalue weighted by atomic mass is 10.1. The Bertz CT molecular complexity index is 2920. The second-order valence-electron chi connectivity index (χ2n) is 18.7. The topological polar surface area (TPSA) is 225 Å². The largest absolute Gasteiger partial charge is 0.444 e. The molecule has 2 unspecified atom stereocenters. The van der Waals surface area contributed by atoms with Crippen LogP contribution in [0.4, 0.5) is 44.0 Å². The molecule has 10 rings (SSSR count). The molecule has 6 heterocycles. The number of hydrogen-bond acceptors (Lipinski definition) is 12. The zero-order valence-electron chi connectivity index (χ0n) is 40.6. The minimum Gasteiger partial charge on any atom is -0.444 e. The number of para-hydroxylation sites is 2. The number of anilines is 6. The maximum Gasteiger partial charge on any atom is 0.408 e. The van der Waals surface area contributed by atoms with Crippen LogP contribution in [0.15, 0.2) is 97.1 Å². The van der Waals surface area contributed by atoms with Crippen molar-refractivity contribution in [3.63, 3.8) is 0 Å². The molecule has 6 aromatic rings. The number of urea groups is 1. The maximum atomic E-state index is 12.9. The van der Waals surface area contributed by atoms with Gasteiger partial charge in [0.25, 0.3) is 0 Å². The fraction of sp³-hybridized carbons (Fsp3) is 0.346. The number of carbonyl (C=O) groups is 4. The van der Waals surface area contributed by atoms with E-state index in [2.05, 4.69) is 46.4 Å². The van der Waals surface area contributed by atoms with Gasteiger partial charge in [-0.3, -0.25) is 9.59 Å². The summed E-state index contributed by atoms with van der Waals surface area (Å²) in [5, 5.41) is 18.0. The number of nitrogens with zero attached hydrogens (tertiary/aromatic N) is 5. The smallest absolute Gasteiger partial charge is 0.408 e. The molecule has 2 aromatic heterocycles. The number of rotatable bonds is 4. The van der Waals surface area contributed by atoms with E-state index in [0.29, 0.717) is 60.7 Å². The lowest BCUT2D eigenvalue weighted by Gasteiger charge is -2.37. The van der Waals surface area contributed by atoms with Gasteiger partial charge in [-0.2, -0.15) is 0 Å². The second-order valence-corrected chi connectivity index (χ2v) is 19.6. The second kappa shape index (κ2) is 23.5. The van der Waals surface area contributed by atoms with Gasteiger partial charge in [-0.1, -0.05) is 59.6 Å². The molecule has 0 aliphatic carbocycles. The third kappa shape index (κ3) is 13.5. The number of piperazine rings is 2. The monoisotopic (exact) mass is 1010 g/mol. The van der Waals surface area contributed by atoms with E-state index < -0.39 is 23.8 Å². The van der Waals surface area contributed by atoms with Crippen LogP contribution in [0.3, 0.4) is 0 Å². The van der Waals surface area contributed by atoms with Crippen molar-refractivity contribution in [1.29, 1.82) is 0 Å². The van der Waals surface area contributed by atoms with Crippen LogP contribution in [0, 0.1) is 0 Å². The highest BCUT2D eigenvalue weighted by atomic mass is 35.5. The lowest BCUT2D eigenvalue weighted by molar-refractivity contribution is -0.118. The van der Waals surface area contributed by atoms with E-state index in [9.17, 15) is 19.2 Å². The van der Waals surface area contributed by atoms with Gasteiger partial charge in [-0.05, 0) is 106 Å². The van der Waals surface area contributed by atoms with Crippen LogP contribution in [-0.2, 0) is 27.2 Å². The number of hydrogen-bond donors (Lipinski definition) is 7. The van der Waals surface area contributed by atoms with Crippen LogP contribution in [-0.4, -0.2) is 117 Å². The van der Waals surface area contributed by atoms with Gasteiger partial charge in [0.1, 0.15) is 29.3 Å². The standard InChI is InChI=1S/C24H25ClN6O2.C15H20N2O3.C13H15ClN4.B/c25-16-6-7-17-20(13-16)27-22(26)14-21(17)30-9-11-31(12-10-30)24(33)29-19-8-5-15-3-1-2-4-18(15)28-23(19)32;1-15(2,3)20-14(19)17-12-9-8-10-6-4-5-7-11(10)16-13(12)18;14-9-1-2-10-11(7-9)17-13(15)8-12(10)18-5-3-16-4-6-18;/h1-4,6-7,13-14,19H,5,8-12H2,(H2,26,27)(H,28,32)(H,29,33);4-7,12H,8-9H2,1-3H3,(H,16,18)(H,17,19);1-2,7-8,16H,3-6H2,(H2,15,17);. The zero-order chi connectivity index (χ0) is 50.2. The minimum atomic E-state index is -0.575. The fourth-order valence-corrected chi connectivity index (χ4v) is 9.31. The Hall–Kier alpha value is -7.02. The molecule has 4 aliphatic heterocycles. The van der Waals surface area contributed by atoms with Crippen LogP contribution in [0.25, 0.3) is 21.8 Å². The third-order valence-electron chi connectivity index (χ3n) is 12.5. The SMILES string of the molecule is CC(C)(C)OC(=O)NC1CCc2ccccc2NC1=O.Nc1cc(N2CCN(C(=O)NC3CCc4ccccc4NC3=O)CC2)c2ccc(Cl)cc2n1.Nc1cc(N2CCNCC2)c2ccc(Cl)cc2n1.[B]. The molecule has 0 spiro atoms. The van der Waals surface area contributed by atoms with E-state index in [1.807, 2.05) is 91.0 Å². The summed E-state index contributed by atoms with van der Waals surface area (Å²) in [6.07, 6.45) is 2.02. The predicted molar refractivity (Wildman–Crippen MR) is 289 cm³/mol. The van der Waals surface area contributed by atoms with Crippen molar-refractivity contribution in [2.24, 2.45) is 0 Å². The molecule has 17 nitrogen and oxygen atoms in total. The molecule has 3 radical (unpaired) electrons. The van der Waals surface area contributed by atoms with Gasteiger partial charge in [0.2, 0.25) is 11.8 Å². The molecular formula is C52H60BCl2N12O5. The molecule has 2 atom stereocenters. The number of nitrogen functional groups attached to an aromatic ring is 2. The van der Waals surface area contributed by atoms with Crippen molar-refractivity contribution >= 4 is 112 Å². The van der Waals surface area contributed by atoms with E-state index in [0.717, 1.165) is 94.7 Å². The van der Waals surface area contributed by atoms with Crippen molar-refractivity contribution in [2.45, 2.75) is 64.1 Å². The van der Waals surface area contributed by atoms with E-state index in [-0.39, 0.29) is 26.3 Å². The summed E-state index contributed by atoms with van der Waals surface area (Å²) in [6, 6.07) is 29.2. The molecule has 2 fully saturated rings. The van der Waals surface area contributed by atoms with Gasteiger partial charge >= 0.3 is 12.1 Å². The van der Waals surface area contributed by atoms with Gasteiger partial charge in [-0.25, -0.2) is 19.6 Å². The number of ether oxygens (including phenoxy) is 1. The molecule has 9 N–H and O–H groups in total. The maximum absolute atomic E-state index is 12.9. The van der Waals surface area contributed by atoms with Gasteiger partial charge in [0.15, 0.2) is 0 Å². The number of nitrogens with one attached hydrogen (secondary N) is 5. The predicted octanol–water partition coefficient (Wildman–Crippen LogP) is 7.22. The Morgan fingerprint density at radius 3 is 1.60 bits per heavy atom. The molecule has 2 saturated heterocycles. The van der Waals surface area contributed by atoms with Crippen LogP contribution >= 0.6 is 23.2 Å². The number of nitrogens with two attached hydrogens (primary N) is 2. The van der Waals surface area contributed by atoms with Crippen molar-refractivity contribution in [3.8, 4) is 0 Å². The van der Waals surface area contributed by atoms with Gasteiger partial charge in [0, 0.05) is 116 Å². The van der Waals surface area contributed by atoms with Gasteiger partial charge in [0.05, 0.1) is 11.0 Å². The summed E-state index contributed by atoms with van der Waals surface area (Å²) in [5.74, 6) is 0.587. The Morgan fingerprint density at radius 2 is 1.11 bits per heavy atom. The van der Waals surface area contributed by atoms with E-state index in [1.165, 1.54) is 0 Å². The summed E-state index contributed by atoms with van der Waals surface area (Å²) in [6.45, 7) is 11.7. The summed E-state index contributed by atoms with van der Waals surface area (Å²) >= 11 is 12.1. The number of fused-ring (bicyclic) bond motifs is 4. The summed E-state index contributed by atoms with van der Waals surface area (Å²) in [5.41, 5.74) is 18.9. The van der Waals surface area contributed by atoms with Gasteiger partial charge < -0.3 is 57.5 Å². The molecule has 20 heteroatoms. The number of aryl methyl sites for hydroxylation is 2. The van der Waals surface area contributed by atoms with Crippen LogP contribution in [0.2, 0.25) is 10.0 Å². The van der Waals surface area contributed by atoms with E-state index in [1.54, 1.807) is 31.7 Å². The first-order valence-corrected chi connectivity index (χ1v) is 24.6. The molecule has 375 valence electrons. The summed E-state index contributed by atoms with van der Waals surface area (Å²) in [7, 11) is 0. The molecule has 72 heavy (non-hydrogen) atoms. The Balaban J connectivity index is 0.000000168. The lowest BCUT2D eigenvalue weighted by Crippen LogP contribution is -2.55. The number of amides is 5. The molecule has 0 bridgehead atoms. The van der Waals surface area contributed by atoms with Crippen LogP contribution in [0.1, 0.15) is 44.7 Å². The number of benzene rings is 4. The zero-order valence-corrected chi connectivity index (χ0v) is 42.2. The number of carbonyl (C=O) groups excluding carboxylic acids is 4. The molecule has 0 saturated carbocycles. The summed E-state index contributed by atoms with van der Waals surface area (Å²) in [4.78, 5) is 64.4. The van der Waals surface area contributed by atoms with Crippen molar-refractivity contribution in [3.05, 3.63) is 118 Å². The Labute approximate surface area is 431 Å². The van der Waals surface area contributed by atoms with Crippen molar-refractivity contribution < 1.29 is 23.9 Å². The van der Waals surface area contributed by atoms with Crippen molar-refractivity contribution in [2.75, 3.05) is 84.3 Å². The molecule has 4 aromatic carbocycles. The van der Waals surface area contributed by atoms with E-state index >= 15 is 0 Å². The van der Waals surface area contributed by atoms with E-state index in [4.69, 9.17) is 39.4 Å². The minimum absolute atomic E-state index is 0. The normalized spacial score (nSPS) is 17.7. The van der Waals surface area contributed by atoms with Crippen molar-refractivity contribution in [1.82, 2.24) is 30.8 Å². The number of aromatic nitrogens is 2. The highest BCUT2D eigenvalue weighted by Crippen LogP contribution is 2.32. The van der Waals surface area contributed by atoms with Crippen LogP contribution < -0.4 is 47.9 Å². The van der Waals surface area contributed by atoms with Crippen LogP contribution in [0.5, 0.6) is 0 Å². The van der Waals surface area contributed by atoms with Gasteiger partial charge in [-0.15, -0.1) is 0 Å². The first-order valence-electron chi connectivity index (χ1n) is 23.8. The fourth-order valence-electron chi connectivity index (χ4n) is 8.97. The molecule has 5 amide bonds. The summed E-state index contributed by atoms with van der Waals surface area (Å²) < 4.78 is 5.18. The average Bonchev–Trinajstić information content (AvgIpc) is 3.60. The Morgan fingerprint density at radius 1 is 0.653 bits per heavy atom. The quantitative estimate of drug-likeness (QED) is 0.0870. The Kier molecular flexibility index (Phi) is 17.2. The highest BCUT2D eigenvalue weighted by molar-refractivity contribution is 6.31. The first kappa shape index (κ1) is 52.8.